The van der Waals surface area contributed by atoms with Crippen LogP contribution in [0.3, 0.4) is 0 Å². The third kappa shape index (κ3) is 7.34. The zero-order valence-corrected chi connectivity index (χ0v) is 18.9. The minimum atomic E-state index is -0.624. The number of likely N-dealkylation sites (tertiary alicyclic amines) is 1. The molecule has 2 rings (SSSR count). The highest BCUT2D eigenvalue weighted by atomic mass is 16.6. The molecular weight excluding hydrogens is 402 g/mol. The fourth-order valence-corrected chi connectivity index (χ4v) is 3.35. The van der Waals surface area contributed by atoms with Crippen molar-refractivity contribution in [2.24, 2.45) is 5.92 Å². The minimum Gasteiger partial charge on any atom is -0.496 e. The molecule has 0 aromatic heterocycles. The number of piperidine rings is 1. The number of carbonyl (C=O) groups excluding carboxylic acids is 3. The van der Waals surface area contributed by atoms with E-state index < -0.39 is 11.7 Å². The first-order valence-corrected chi connectivity index (χ1v) is 10.4. The molecule has 2 N–H and O–H groups in total. The Labute approximate surface area is 183 Å². The Morgan fingerprint density at radius 1 is 1.03 bits per heavy atom. The Kier molecular flexibility index (Phi) is 8.53. The summed E-state index contributed by atoms with van der Waals surface area (Å²) in [5.74, 6) is 0.822. The van der Waals surface area contributed by atoms with Crippen molar-refractivity contribution >= 4 is 17.9 Å². The number of ether oxygens (including phenoxy) is 3. The molecule has 1 aliphatic heterocycles. The predicted molar refractivity (Wildman–Crippen MR) is 115 cm³/mol. The van der Waals surface area contributed by atoms with Crippen molar-refractivity contribution in [1.82, 2.24) is 15.5 Å². The number of alkyl carbamates (subject to hydrolysis) is 1. The second-order valence-corrected chi connectivity index (χ2v) is 8.43. The van der Waals surface area contributed by atoms with E-state index in [1.165, 1.54) is 14.2 Å². The van der Waals surface area contributed by atoms with E-state index in [2.05, 4.69) is 10.6 Å². The van der Waals surface area contributed by atoms with E-state index in [-0.39, 0.29) is 24.3 Å². The van der Waals surface area contributed by atoms with Crippen molar-refractivity contribution < 1.29 is 28.6 Å². The summed E-state index contributed by atoms with van der Waals surface area (Å²) in [7, 11) is 3.05. The van der Waals surface area contributed by atoms with Gasteiger partial charge in [0.1, 0.15) is 22.7 Å². The van der Waals surface area contributed by atoms with Crippen molar-refractivity contribution in [2.45, 2.75) is 39.2 Å². The van der Waals surface area contributed by atoms with Crippen LogP contribution in [-0.4, -0.2) is 68.8 Å². The molecule has 0 saturated carbocycles. The van der Waals surface area contributed by atoms with Crippen molar-refractivity contribution in [3.05, 3.63) is 23.8 Å². The molecule has 9 nitrogen and oxygen atoms in total. The molecular formula is C22H33N3O6. The maximum Gasteiger partial charge on any atom is 0.408 e. The van der Waals surface area contributed by atoms with E-state index in [9.17, 15) is 14.4 Å². The van der Waals surface area contributed by atoms with Gasteiger partial charge in [-0.25, -0.2) is 4.79 Å². The molecule has 0 bridgehead atoms. The van der Waals surface area contributed by atoms with Crippen LogP contribution in [0, 0.1) is 5.92 Å². The molecule has 1 fully saturated rings. The number of hydrogen-bond donors (Lipinski definition) is 2. The van der Waals surface area contributed by atoms with Crippen LogP contribution in [0.25, 0.3) is 0 Å². The Hall–Kier alpha value is -2.97. The van der Waals surface area contributed by atoms with Gasteiger partial charge in [-0.05, 0) is 51.7 Å². The van der Waals surface area contributed by atoms with Gasteiger partial charge in [-0.2, -0.15) is 0 Å². The molecule has 0 atom stereocenters. The van der Waals surface area contributed by atoms with Crippen molar-refractivity contribution in [2.75, 3.05) is 40.4 Å². The van der Waals surface area contributed by atoms with E-state index in [1.54, 1.807) is 43.9 Å². The number of nitrogens with zero attached hydrogens (tertiary/aromatic N) is 1. The summed E-state index contributed by atoms with van der Waals surface area (Å²) in [5, 5.41) is 5.27. The van der Waals surface area contributed by atoms with Gasteiger partial charge in [0.25, 0.3) is 5.91 Å². The number of methoxy groups -OCH3 is 2. The Morgan fingerprint density at radius 3 is 2.13 bits per heavy atom. The van der Waals surface area contributed by atoms with Gasteiger partial charge < -0.3 is 29.7 Å². The fourth-order valence-electron chi connectivity index (χ4n) is 3.35. The van der Waals surface area contributed by atoms with Crippen LogP contribution in [0.5, 0.6) is 11.5 Å². The van der Waals surface area contributed by atoms with E-state index in [0.29, 0.717) is 36.7 Å². The maximum atomic E-state index is 13.0. The lowest BCUT2D eigenvalue weighted by Crippen LogP contribution is -2.44. The lowest BCUT2D eigenvalue weighted by Gasteiger charge is -2.32. The molecule has 0 aliphatic carbocycles. The van der Waals surface area contributed by atoms with Crippen LogP contribution < -0.4 is 20.1 Å². The highest BCUT2D eigenvalue weighted by molar-refractivity contribution is 5.99. The van der Waals surface area contributed by atoms with E-state index in [0.717, 1.165) is 12.8 Å². The predicted octanol–water partition coefficient (Wildman–Crippen LogP) is 2.20. The average molecular weight is 436 g/mol. The van der Waals surface area contributed by atoms with Crippen LogP contribution in [0.1, 0.15) is 44.0 Å². The summed E-state index contributed by atoms with van der Waals surface area (Å²) in [6.45, 7) is 6.79. The van der Waals surface area contributed by atoms with E-state index >= 15 is 0 Å². The minimum absolute atomic E-state index is 0.127. The van der Waals surface area contributed by atoms with Gasteiger partial charge in [0.15, 0.2) is 0 Å². The monoisotopic (exact) mass is 435 g/mol. The van der Waals surface area contributed by atoms with Gasteiger partial charge in [0.05, 0.1) is 20.8 Å². The molecule has 0 spiro atoms. The zero-order chi connectivity index (χ0) is 23.0. The molecule has 3 amide bonds. The molecule has 1 aliphatic rings. The number of carbonyl (C=O) groups is 3. The highest BCUT2D eigenvalue weighted by Gasteiger charge is 2.28. The lowest BCUT2D eigenvalue weighted by atomic mass is 9.96. The second-order valence-electron chi connectivity index (χ2n) is 8.43. The highest BCUT2D eigenvalue weighted by Crippen LogP contribution is 2.30. The number of hydrogen-bond acceptors (Lipinski definition) is 6. The van der Waals surface area contributed by atoms with E-state index in [1.807, 2.05) is 0 Å². The van der Waals surface area contributed by atoms with Gasteiger partial charge in [0.2, 0.25) is 5.91 Å². The normalized spacial score (nSPS) is 14.5. The molecule has 0 radical (unpaired) electrons. The first kappa shape index (κ1) is 24.3. The Morgan fingerprint density at radius 2 is 1.61 bits per heavy atom. The summed E-state index contributed by atoms with van der Waals surface area (Å²) in [4.78, 5) is 38.4. The smallest absolute Gasteiger partial charge is 0.408 e. The summed E-state index contributed by atoms with van der Waals surface area (Å²) in [5.41, 5.74) is -0.188. The number of nitrogens with one attached hydrogen (secondary N) is 2. The van der Waals surface area contributed by atoms with Gasteiger partial charge in [-0.1, -0.05) is 6.07 Å². The lowest BCUT2D eigenvalue weighted by molar-refractivity contribution is -0.120. The van der Waals surface area contributed by atoms with Crippen molar-refractivity contribution in [3.8, 4) is 11.5 Å². The van der Waals surface area contributed by atoms with Crippen LogP contribution in [0.15, 0.2) is 18.2 Å². The zero-order valence-electron chi connectivity index (χ0n) is 18.9. The van der Waals surface area contributed by atoms with Gasteiger partial charge in [0, 0.05) is 19.6 Å². The molecule has 1 saturated heterocycles. The Balaban J connectivity index is 1.79. The van der Waals surface area contributed by atoms with Gasteiger partial charge in [-0.15, -0.1) is 0 Å². The molecule has 1 heterocycles. The standard InChI is InChI=1S/C22H33N3O6/c1-22(2,3)31-21(28)24-14-18(26)23-13-15-9-11-25(12-10-15)20(27)19-16(29-4)7-6-8-17(19)30-5/h6-8,15H,9-14H2,1-5H3,(H,23,26)(H,24,28). The third-order valence-corrected chi connectivity index (χ3v) is 4.92. The number of rotatable bonds is 7. The van der Waals surface area contributed by atoms with Crippen LogP contribution in [0.4, 0.5) is 4.79 Å². The SMILES string of the molecule is COc1cccc(OC)c1C(=O)N1CCC(CNC(=O)CNC(=O)OC(C)(C)C)CC1. The fraction of sp³-hybridized carbons (Fsp3) is 0.591. The molecule has 31 heavy (non-hydrogen) atoms. The average Bonchev–Trinajstić information content (AvgIpc) is 2.74. The third-order valence-electron chi connectivity index (χ3n) is 4.92. The van der Waals surface area contributed by atoms with Crippen LogP contribution in [0.2, 0.25) is 0 Å². The molecule has 172 valence electrons. The quantitative estimate of drug-likeness (QED) is 0.680. The van der Waals surface area contributed by atoms with Gasteiger partial charge in [-0.3, -0.25) is 9.59 Å². The largest absolute Gasteiger partial charge is 0.496 e. The van der Waals surface area contributed by atoms with Crippen molar-refractivity contribution in [1.29, 1.82) is 0 Å². The Bertz CT molecular complexity index is 760. The molecule has 1 aromatic carbocycles. The first-order chi connectivity index (χ1) is 14.6. The molecule has 1 aromatic rings. The maximum absolute atomic E-state index is 13.0. The van der Waals surface area contributed by atoms with Crippen LogP contribution >= 0.6 is 0 Å². The molecule has 9 heteroatoms. The first-order valence-electron chi connectivity index (χ1n) is 10.4. The molecule has 0 unspecified atom stereocenters. The number of benzene rings is 1. The van der Waals surface area contributed by atoms with Crippen molar-refractivity contribution in [3.63, 3.8) is 0 Å². The second kappa shape index (κ2) is 10.9. The van der Waals surface area contributed by atoms with E-state index in [4.69, 9.17) is 14.2 Å². The van der Waals surface area contributed by atoms with Crippen LogP contribution in [-0.2, 0) is 9.53 Å². The summed E-state index contributed by atoms with van der Waals surface area (Å²) in [6.07, 6.45) is 0.910. The summed E-state index contributed by atoms with van der Waals surface area (Å²) in [6, 6.07) is 5.26. The topological polar surface area (TPSA) is 106 Å². The summed E-state index contributed by atoms with van der Waals surface area (Å²) >= 11 is 0. The number of amides is 3. The summed E-state index contributed by atoms with van der Waals surface area (Å²) < 4.78 is 15.8. The van der Waals surface area contributed by atoms with Gasteiger partial charge >= 0.3 is 6.09 Å².